The molecule has 1 saturated heterocycles. The average Bonchev–Trinajstić information content (AvgIpc) is 2.88. The van der Waals surface area contributed by atoms with Crippen molar-refractivity contribution in [3.63, 3.8) is 0 Å². The Kier molecular flexibility index (Phi) is 7.84. The number of anilines is 1. The molecule has 0 amide bonds. The molecule has 2 aromatic heterocycles. The van der Waals surface area contributed by atoms with Gasteiger partial charge in [0, 0.05) is 36.8 Å². The molecule has 2 aromatic carbocycles. The highest BCUT2D eigenvalue weighted by atomic mass is 19.4. The number of rotatable bonds is 7. The first-order valence-electron chi connectivity index (χ1n) is 13.5. The van der Waals surface area contributed by atoms with Crippen LogP contribution in [0.15, 0.2) is 60.8 Å². The van der Waals surface area contributed by atoms with Crippen molar-refractivity contribution >= 4 is 16.7 Å². The number of fused-ring (bicyclic) bond motifs is 1. The Morgan fingerprint density at radius 1 is 0.974 bits per heavy atom. The summed E-state index contributed by atoms with van der Waals surface area (Å²) in [7, 11) is 0. The minimum Gasteiger partial charge on any atom is -0.369 e. The molecule has 3 heterocycles. The van der Waals surface area contributed by atoms with Crippen molar-refractivity contribution in [1.29, 1.82) is 0 Å². The lowest BCUT2D eigenvalue weighted by molar-refractivity contribution is -0.137. The minimum atomic E-state index is -4.50. The van der Waals surface area contributed by atoms with Crippen LogP contribution >= 0.6 is 0 Å². The highest BCUT2D eigenvalue weighted by Crippen LogP contribution is 2.37. The van der Waals surface area contributed by atoms with Gasteiger partial charge in [-0.3, -0.25) is 9.88 Å². The lowest BCUT2D eigenvalue weighted by Crippen LogP contribution is -2.38. The van der Waals surface area contributed by atoms with Gasteiger partial charge in [0.05, 0.1) is 23.3 Å². The van der Waals surface area contributed by atoms with Crippen LogP contribution in [0.3, 0.4) is 0 Å². The largest absolute Gasteiger partial charge is 0.418 e. The van der Waals surface area contributed by atoms with E-state index in [9.17, 15) is 13.2 Å². The van der Waals surface area contributed by atoms with Crippen molar-refractivity contribution in [2.75, 3.05) is 25.0 Å². The molecule has 2 atom stereocenters. The number of likely N-dealkylation sites (tertiary alicyclic amines) is 1. The molecule has 2 unspecified atom stereocenters. The number of aromatic nitrogens is 3. The number of pyridine rings is 1. The Labute approximate surface area is 227 Å². The minimum absolute atomic E-state index is 0.0974. The number of alkyl halides is 3. The summed E-state index contributed by atoms with van der Waals surface area (Å²) in [4.78, 5) is 16.2. The molecule has 0 aliphatic carbocycles. The zero-order valence-corrected chi connectivity index (χ0v) is 22.6. The van der Waals surface area contributed by atoms with Crippen LogP contribution in [0.25, 0.3) is 22.2 Å². The first-order chi connectivity index (χ1) is 18.7. The topological polar surface area (TPSA) is 53.9 Å². The van der Waals surface area contributed by atoms with E-state index >= 15 is 0 Å². The number of halogens is 3. The first kappa shape index (κ1) is 27.1. The number of hydrogen-bond donors (Lipinski definition) is 1. The maximum atomic E-state index is 13.7. The SMILES string of the molecule is Cc1ccccc1CCNc1nc(CN2CC(C)CC(C)C2)nc2cc(-c3ncccc3C(F)(F)F)ccc12. The van der Waals surface area contributed by atoms with Gasteiger partial charge in [0.25, 0.3) is 0 Å². The Bertz CT molecular complexity index is 1440. The third kappa shape index (κ3) is 6.38. The van der Waals surface area contributed by atoms with Crippen molar-refractivity contribution in [3.05, 3.63) is 83.3 Å². The van der Waals surface area contributed by atoms with Gasteiger partial charge in [-0.1, -0.05) is 44.2 Å². The summed E-state index contributed by atoms with van der Waals surface area (Å²) in [6, 6.07) is 15.8. The molecule has 1 N–H and O–H groups in total. The van der Waals surface area contributed by atoms with Crippen LogP contribution in [0.2, 0.25) is 0 Å². The zero-order chi connectivity index (χ0) is 27.6. The van der Waals surface area contributed by atoms with E-state index in [-0.39, 0.29) is 5.69 Å². The average molecular weight is 534 g/mol. The number of piperidine rings is 1. The van der Waals surface area contributed by atoms with Gasteiger partial charge in [0.1, 0.15) is 11.6 Å². The molecule has 1 aliphatic rings. The third-order valence-electron chi connectivity index (χ3n) is 7.39. The Morgan fingerprint density at radius 2 is 1.74 bits per heavy atom. The molecule has 0 bridgehead atoms. The molecule has 1 fully saturated rings. The van der Waals surface area contributed by atoms with Gasteiger partial charge in [-0.25, -0.2) is 9.97 Å². The fourth-order valence-electron chi connectivity index (χ4n) is 5.72. The monoisotopic (exact) mass is 533 g/mol. The molecule has 0 radical (unpaired) electrons. The number of nitrogens with zero attached hydrogens (tertiary/aromatic N) is 4. The molecule has 39 heavy (non-hydrogen) atoms. The van der Waals surface area contributed by atoms with Crippen molar-refractivity contribution in [2.45, 2.75) is 46.3 Å². The smallest absolute Gasteiger partial charge is 0.369 e. The molecule has 0 saturated carbocycles. The van der Waals surface area contributed by atoms with Crippen LogP contribution in [0, 0.1) is 18.8 Å². The van der Waals surface area contributed by atoms with Gasteiger partial charge in [-0.15, -0.1) is 0 Å². The van der Waals surface area contributed by atoms with E-state index in [1.54, 1.807) is 18.2 Å². The molecular formula is C31H34F3N5. The van der Waals surface area contributed by atoms with Gasteiger partial charge in [-0.05, 0) is 67.0 Å². The Balaban J connectivity index is 1.50. The zero-order valence-electron chi connectivity index (χ0n) is 22.6. The maximum Gasteiger partial charge on any atom is 0.418 e. The number of benzene rings is 2. The van der Waals surface area contributed by atoms with E-state index in [0.717, 1.165) is 31.0 Å². The molecule has 8 heteroatoms. The van der Waals surface area contributed by atoms with Gasteiger partial charge in [0.15, 0.2) is 0 Å². The van der Waals surface area contributed by atoms with Gasteiger partial charge < -0.3 is 5.32 Å². The lowest BCUT2D eigenvalue weighted by atomic mass is 9.92. The predicted octanol–water partition coefficient (Wildman–Crippen LogP) is 7.15. The van der Waals surface area contributed by atoms with Crippen LogP contribution in [0.5, 0.6) is 0 Å². The van der Waals surface area contributed by atoms with E-state index in [4.69, 9.17) is 9.97 Å². The highest BCUT2D eigenvalue weighted by Gasteiger charge is 2.34. The quantitative estimate of drug-likeness (QED) is 0.273. The van der Waals surface area contributed by atoms with Crippen LogP contribution in [-0.2, 0) is 19.1 Å². The normalized spacial score (nSPS) is 18.4. The molecule has 1 aliphatic heterocycles. The second-order valence-corrected chi connectivity index (χ2v) is 10.9. The van der Waals surface area contributed by atoms with Crippen molar-refractivity contribution in [2.24, 2.45) is 11.8 Å². The number of hydrogen-bond acceptors (Lipinski definition) is 5. The summed E-state index contributed by atoms with van der Waals surface area (Å²) in [6.07, 6.45) is -1.08. The van der Waals surface area contributed by atoms with Gasteiger partial charge >= 0.3 is 6.18 Å². The first-order valence-corrected chi connectivity index (χ1v) is 13.5. The number of aryl methyl sites for hydroxylation is 1. The number of nitrogens with one attached hydrogen (secondary N) is 1. The van der Waals surface area contributed by atoms with Gasteiger partial charge in [-0.2, -0.15) is 13.2 Å². The summed E-state index contributed by atoms with van der Waals surface area (Å²) in [6.45, 7) is 9.85. The second-order valence-electron chi connectivity index (χ2n) is 10.9. The van der Waals surface area contributed by atoms with E-state index in [1.165, 1.54) is 29.8 Å². The van der Waals surface area contributed by atoms with Crippen LogP contribution in [0.4, 0.5) is 19.0 Å². The second kappa shape index (κ2) is 11.3. The molecule has 204 valence electrons. The third-order valence-corrected chi connectivity index (χ3v) is 7.39. The van der Waals surface area contributed by atoms with Crippen LogP contribution in [0.1, 0.15) is 42.8 Å². The van der Waals surface area contributed by atoms with E-state index in [2.05, 4.69) is 48.1 Å². The van der Waals surface area contributed by atoms with Crippen LogP contribution < -0.4 is 5.32 Å². The highest BCUT2D eigenvalue weighted by molar-refractivity contribution is 5.92. The lowest BCUT2D eigenvalue weighted by Gasteiger charge is -2.34. The molecule has 4 aromatic rings. The Hall–Kier alpha value is -3.52. The van der Waals surface area contributed by atoms with Crippen molar-refractivity contribution in [3.8, 4) is 11.3 Å². The molecular weight excluding hydrogens is 499 g/mol. The summed E-state index contributed by atoms with van der Waals surface area (Å²) in [5.41, 5.74) is 2.63. The summed E-state index contributed by atoms with van der Waals surface area (Å²) < 4.78 is 41.2. The predicted molar refractivity (Wildman–Crippen MR) is 149 cm³/mol. The molecule has 5 rings (SSSR count). The van der Waals surface area contributed by atoms with Crippen molar-refractivity contribution in [1.82, 2.24) is 19.9 Å². The van der Waals surface area contributed by atoms with E-state index in [1.807, 2.05) is 12.1 Å². The standard InChI is InChI=1S/C31H34F3N5/c1-20-15-21(2)18-39(17-20)19-28-37-27-16-24(29-26(31(32,33)34)9-6-13-35-29)10-11-25(27)30(38-28)36-14-12-23-8-5-4-7-22(23)3/h4-11,13,16,20-21H,12,14-15,17-19H2,1-3H3,(H,36,37,38). The summed E-state index contributed by atoms with van der Waals surface area (Å²) in [5, 5.41) is 4.26. The van der Waals surface area contributed by atoms with Crippen molar-refractivity contribution < 1.29 is 13.2 Å². The fourth-order valence-corrected chi connectivity index (χ4v) is 5.72. The maximum absolute atomic E-state index is 13.7. The van der Waals surface area contributed by atoms with Gasteiger partial charge in [0.2, 0.25) is 0 Å². The summed E-state index contributed by atoms with van der Waals surface area (Å²) in [5.74, 6) is 2.55. The fraction of sp³-hybridized carbons (Fsp3) is 0.387. The Morgan fingerprint density at radius 3 is 2.49 bits per heavy atom. The summed E-state index contributed by atoms with van der Waals surface area (Å²) >= 11 is 0. The van der Waals surface area contributed by atoms with E-state index < -0.39 is 11.7 Å². The molecule has 5 nitrogen and oxygen atoms in total. The van der Waals surface area contributed by atoms with Crippen LogP contribution in [-0.4, -0.2) is 39.5 Å². The molecule has 0 spiro atoms. The van der Waals surface area contributed by atoms with E-state index in [0.29, 0.717) is 47.6 Å².